The van der Waals surface area contributed by atoms with E-state index in [9.17, 15) is 0 Å². The number of benzene rings is 1. The van der Waals surface area contributed by atoms with Crippen LogP contribution >= 0.6 is 0 Å². The number of hydrogen-bond donors (Lipinski definition) is 0. The van der Waals surface area contributed by atoms with Crippen molar-refractivity contribution in [3.63, 3.8) is 0 Å². The Bertz CT molecular complexity index is 296. The maximum atomic E-state index is 2.24. The third kappa shape index (κ3) is 2.45. The van der Waals surface area contributed by atoms with E-state index in [1.807, 2.05) is 0 Å². The molecule has 0 atom stereocenters. The SMILES string of the molecule is CC/C=C/c1cc(C)c(C)c(C)c1. The summed E-state index contributed by atoms with van der Waals surface area (Å²) in [4.78, 5) is 0. The molecule has 0 heteroatoms. The van der Waals surface area contributed by atoms with Crippen molar-refractivity contribution in [2.75, 3.05) is 0 Å². The van der Waals surface area contributed by atoms with Gasteiger partial charge in [0.25, 0.3) is 0 Å². The van der Waals surface area contributed by atoms with Crippen LogP contribution < -0.4 is 0 Å². The molecule has 0 nitrogen and oxygen atoms in total. The van der Waals surface area contributed by atoms with E-state index < -0.39 is 0 Å². The summed E-state index contributed by atoms with van der Waals surface area (Å²) in [6, 6.07) is 4.49. The molecule has 0 N–H and O–H groups in total. The summed E-state index contributed by atoms with van der Waals surface area (Å²) in [5.41, 5.74) is 5.50. The van der Waals surface area contributed by atoms with Gasteiger partial charge in [-0.1, -0.05) is 31.2 Å². The smallest absolute Gasteiger partial charge is 0.0254 e. The highest BCUT2D eigenvalue weighted by Crippen LogP contribution is 2.16. The third-order valence-electron chi connectivity index (χ3n) is 2.50. The zero-order valence-corrected chi connectivity index (χ0v) is 9.02. The van der Waals surface area contributed by atoms with E-state index in [-0.39, 0.29) is 0 Å². The molecule has 0 aromatic heterocycles. The predicted molar refractivity (Wildman–Crippen MR) is 60.0 cm³/mol. The van der Waals surface area contributed by atoms with Crippen LogP contribution in [0.2, 0.25) is 0 Å². The predicted octanol–water partition coefficient (Wildman–Crippen LogP) is 4.04. The fraction of sp³-hybridized carbons (Fsp3) is 0.385. The minimum Gasteiger partial charge on any atom is -0.0842 e. The highest BCUT2D eigenvalue weighted by molar-refractivity contribution is 5.53. The number of hydrogen-bond acceptors (Lipinski definition) is 0. The second kappa shape index (κ2) is 4.27. The molecule has 1 rings (SSSR count). The molecule has 0 bridgehead atoms. The van der Waals surface area contributed by atoms with Crippen molar-refractivity contribution in [1.82, 2.24) is 0 Å². The largest absolute Gasteiger partial charge is 0.0842 e. The van der Waals surface area contributed by atoms with Crippen molar-refractivity contribution in [2.45, 2.75) is 34.1 Å². The summed E-state index contributed by atoms with van der Waals surface area (Å²) in [6.45, 7) is 8.68. The number of rotatable bonds is 2. The maximum absolute atomic E-state index is 2.24. The molecule has 0 amide bonds. The van der Waals surface area contributed by atoms with Gasteiger partial charge in [0.15, 0.2) is 0 Å². The molecule has 0 unspecified atom stereocenters. The van der Waals surface area contributed by atoms with Crippen molar-refractivity contribution in [3.8, 4) is 0 Å². The Morgan fingerprint density at radius 1 is 1.08 bits per heavy atom. The zero-order valence-electron chi connectivity index (χ0n) is 9.02. The van der Waals surface area contributed by atoms with Crippen molar-refractivity contribution in [3.05, 3.63) is 40.5 Å². The van der Waals surface area contributed by atoms with Gasteiger partial charge < -0.3 is 0 Å². The van der Waals surface area contributed by atoms with Crippen molar-refractivity contribution < 1.29 is 0 Å². The molecule has 0 fully saturated rings. The Hall–Kier alpha value is -1.04. The molecule has 0 aliphatic rings. The van der Waals surface area contributed by atoms with Crippen LogP contribution in [0.25, 0.3) is 6.08 Å². The van der Waals surface area contributed by atoms with E-state index >= 15 is 0 Å². The average molecular weight is 174 g/mol. The summed E-state index contributed by atoms with van der Waals surface area (Å²) in [7, 11) is 0. The average Bonchev–Trinajstić information content (AvgIpc) is 2.10. The Kier molecular flexibility index (Phi) is 3.30. The quantitative estimate of drug-likeness (QED) is 0.635. The van der Waals surface area contributed by atoms with E-state index in [1.165, 1.54) is 22.3 Å². The van der Waals surface area contributed by atoms with Gasteiger partial charge in [0.1, 0.15) is 0 Å². The van der Waals surface area contributed by atoms with Gasteiger partial charge in [0.2, 0.25) is 0 Å². The topological polar surface area (TPSA) is 0 Å². The number of allylic oxidation sites excluding steroid dienone is 1. The molecule has 0 radical (unpaired) electrons. The van der Waals surface area contributed by atoms with Gasteiger partial charge in [-0.3, -0.25) is 0 Å². The van der Waals surface area contributed by atoms with Gasteiger partial charge in [-0.05, 0) is 49.4 Å². The second-order valence-electron chi connectivity index (χ2n) is 3.59. The minimum absolute atomic E-state index is 1.10. The highest BCUT2D eigenvalue weighted by Gasteiger charge is 1.97. The third-order valence-corrected chi connectivity index (χ3v) is 2.50. The Balaban J connectivity index is 3.06. The normalized spacial score (nSPS) is 11.1. The van der Waals surface area contributed by atoms with E-state index in [1.54, 1.807) is 0 Å². The van der Waals surface area contributed by atoms with Crippen LogP contribution in [0.4, 0.5) is 0 Å². The van der Waals surface area contributed by atoms with E-state index in [2.05, 4.69) is 52.0 Å². The molecule has 0 saturated heterocycles. The first-order valence-electron chi connectivity index (χ1n) is 4.89. The fourth-order valence-electron chi connectivity index (χ4n) is 1.42. The minimum atomic E-state index is 1.10. The molecule has 70 valence electrons. The number of aryl methyl sites for hydroxylation is 2. The van der Waals surface area contributed by atoms with Gasteiger partial charge in [-0.2, -0.15) is 0 Å². The monoisotopic (exact) mass is 174 g/mol. The molecule has 1 aromatic rings. The first-order valence-corrected chi connectivity index (χ1v) is 4.89. The molecular weight excluding hydrogens is 156 g/mol. The first-order chi connectivity index (χ1) is 6.15. The molecule has 0 aliphatic heterocycles. The van der Waals surface area contributed by atoms with Crippen LogP contribution in [0.1, 0.15) is 35.6 Å². The Morgan fingerprint density at radius 2 is 1.62 bits per heavy atom. The van der Waals surface area contributed by atoms with Crippen molar-refractivity contribution in [1.29, 1.82) is 0 Å². The highest BCUT2D eigenvalue weighted by atomic mass is 14.0. The van der Waals surface area contributed by atoms with Gasteiger partial charge in [-0.25, -0.2) is 0 Å². The molecule has 0 spiro atoms. The van der Waals surface area contributed by atoms with Gasteiger partial charge in [-0.15, -0.1) is 0 Å². The molecule has 0 aliphatic carbocycles. The van der Waals surface area contributed by atoms with Crippen LogP contribution in [-0.2, 0) is 0 Å². The van der Waals surface area contributed by atoms with Gasteiger partial charge in [0.05, 0.1) is 0 Å². The lowest BCUT2D eigenvalue weighted by Gasteiger charge is -2.05. The van der Waals surface area contributed by atoms with Crippen LogP contribution in [0, 0.1) is 20.8 Å². The summed E-state index contributed by atoms with van der Waals surface area (Å²) in [6.07, 6.45) is 5.49. The van der Waals surface area contributed by atoms with E-state index in [4.69, 9.17) is 0 Å². The standard InChI is InChI=1S/C13H18/c1-5-6-7-13-8-10(2)12(4)11(3)9-13/h6-9H,5H2,1-4H3/b7-6+. The van der Waals surface area contributed by atoms with E-state index in [0.717, 1.165) is 6.42 Å². The lowest BCUT2D eigenvalue weighted by atomic mass is 10.0. The van der Waals surface area contributed by atoms with Gasteiger partial charge >= 0.3 is 0 Å². The summed E-state index contributed by atoms with van der Waals surface area (Å²) < 4.78 is 0. The van der Waals surface area contributed by atoms with Crippen molar-refractivity contribution >= 4 is 6.08 Å². The lowest BCUT2D eigenvalue weighted by Crippen LogP contribution is -1.87. The molecule has 0 heterocycles. The molecule has 0 saturated carbocycles. The van der Waals surface area contributed by atoms with Crippen molar-refractivity contribution in [2.24, 2.45) is 0 Å². The van der Waals surface area contributed by atoms with Crippen LogP contribution in [0.5, 0.6) is 0 Å². The zero-order chi connectivity index (χ0) is 9.84. The summed E-state index contributed by atoms with van der Waals surface area (Å²) in [5, 5.41) is 0. The molecule has 13 heavy (non-hydrogen) atoms. The first kappa shape index (κ1) is 10.0. The maximum Gasteiger partial charge on any atom is -0.0254 e. The Labute approximate surface area is 81.3 Å². The van der Waals surface area contributed by atoms with E-state index in [0.29, 0.717) is 0 Å². The summed E-state index contributed by atoms with van der Waals surface area (Å²) in [5.74, 6) is 0. The van der Waals surface area contributed by atoms with Crippen LogP contribution in [0.15, 0.2) is 18.2 Å². The molecule has 1 aromatic carbocycles. The lowest BCUT2D eigenvalue weighted by molar-refractivity contribution is 1.23. The fourth-order valence-corrected chi connectivity index (χ4v) is 1.42. The van der Waals surface area contributed by atoms with Gasteiger partial charge in [0, 0.05) is 0 Å². The Morgan fingerprint density at radius 3 is 2.08 bits per heavy atom. The van der Waals surface area contributed by atoms with Crippen LogP contribution in [-0.4, -0.2) is 0 Å². The van der Waals surface area contributed by atoms with Crippen LogP contribution in [0.3, 0.4) is 0 Å². The second-order valence-corrected chi connectivity index (χ2v) is 3.59. The summed E-state index contributed by atoms with van der Waals surface area (Å²) >= 11 is 0. The molecular formula is C13H18.